The van der Waals surface area contributed by atoms with Crippen LogP contribution in [-0.4, -0.2) is 12.5 Å². The number of amides is 1. The van der Waals surface area contributed by atoms with Crippen molar-refractivity contribution >= 4 is 5.91 Å². The Labute approximate surface area is 60.6 Å². The molecule has 1 aliphatic carbocycles. The van der Waals surface area contributed by atoms with Crippen LogP contribution in [0.15, 0.2) is 23.8 Å². The lowest BCUT2D eigenvalue weighted by molar-refractivity contribution is -0.118. The van der Waals surface area contributed by atoms with Gasteiger partial charge in [0.15, 0.2) is 0 Å². The van der Waals surface area contributed by atoms with Crippen LogP contribution < -0.4 is 5.32 Å². The maximum absolute atomic E-state index is 10.4. The van der Waals surface area contributed by atoms with Gasteiger partial charge in [-0.05, 0) is 12.0 Å². The molecule has 0 saturated carbocycles. The summed E-state index contributed by atoms with van der Waals surface area (Å²) in [5.74, 6) is 0.0350. The molecule has 2 nitrogen and oxygen atoms in total. The van der Waals surface area contributed by atoms with Crippen LogP contribution in [-0.2, 0) is 4.79 Å². The van der Waals surface area contributed by atoms with Gasteiger partial charge in [-0.15, -0.1) is 0 Å². The minimum absolute atomic E-state index is 0.0350. The van der Waals surface area contributed by atoms with Gasteiger partial charge in [0.25, 0.3) is 0 Å². The molecule has 0 aromatic rings. The van der Waals surface area contributed by atoms with E-state index in [4.69, 9.17) is 0 Å². The average molecular weight is 137 g/mol. The zero-order valence-corrected chi connectivity index (χ0v) is 6.05. The fraction of sp³-hybridized carbons (Fsp3) is 0.375. The van der Waals surface area contributed by atoms with E-state index in [9.17, 15) is 4.79 Å². The standard InChI is InChI=1S/C8H11NO/c1-7(10)9-6-8-4-2-3-5-8/h2-4H,5-6H2,1H3,(H,9,10). The van der Waals surface area contributed by atoms with E-state index in [0.717, 1.165) is 6.42 Å². The fourth-order valence-corrected chi connectivity index (χ4v) is 0.861. The average Bonchev–Trinajstić information content (AvgIpc) is 2.34. The van der Waals surface area contributed by atoms with Crippen molar-refractivity contribution in [3.63, 3.8) is 0 Å². The molecule has 0 atom stereocenters. The summed E-state index contributed by atoms with van der Waals surface area (Å²) in [6.45, 7) is 2.23. The van der Waals surface area contributed by atoms with Gasteiger partial charge in [-0.3, -0.25) is 4.79 Å². The summed E-state index contributed by atoms with van der Waals surface area (Å²) in [5, 5.41) is 2.74. The van der Waals surface area contributed by atoms with Crippen LogP contribution in [0.2, 0.25) is 0 Å². The zero-order valence-electron chi connectivity index (χ0n) is 6.05. The van der Waals surface area contributed by atoms with Gasteiger partial charge in [0.1, 0.15) is 0 Å². The Morgan fingerprint density at radius 3 is 3.10 bits per heavy atom. The minimum atomic E-state index is 0.0350. The minimum Gasteiger partial charge on any atom is -0.353 e. The van der Waals surface area contributed by atoms with Gasteiger partial charge in [0, 0.05) is 13.5 Å². The van der Waals surface area contributed by atoms with Gasteiger partial charge in [-0.2, -0.15) is 0 Å². The van der Waals surface area contributed by atoms with E-state index < -0.39 is 0 Å². The van der Waals surface area contributed by atoms with E-state index in [1.165, 1.54) is 12.5 Å². The smallest absolute Gasteiger partial charge is 0.217 e. The number of carbonyl (C=O) groups is 1. The summed E-state index contributed by atoms with van der Waals surface area (Å²) >= 11 is 0. The quantitative estimate of drug-likeness (QED) is 0.604. The summed E-state index contributed by atoms with van der Waals surface area (Å²) in [5.41, 5.74) is 1.27. The first-order chi connectivity index (χ1) is 4.79. The number of rotatable bonds is 2. The first-order valence-corrected chi connectivity index (χ1v) is 3.38. The molecule has 1 aliphatic rings. The van der Waals surface area contributed by atoms with Crippen molar-refractivity contribution in [1.29, 1.82) is 0 Å². The van der Waals surface area contributed by atoms with Crippen molar-refractivity contribution in [1.82, 2.24) is 5.32 Å². The fourth-order valence-electron chi connectivity index (χ4n) is 0.861. The molecule has 1 amide bonds. The van der Waals surface area contributed by atoms with Crippen LogP contribution in [0.4, 0.5) is 0 Å². The van der Waals surface area contributed by atoms with E-state index in [1.54, 1.807) is 0 Å². The van der Waals surface area contributed by atoms with Crippen LogP contribution >= 0.6 is 0 Å². The summed E-state index contributed by atoms with van der Waals surface area (Å²) in [7, 11) is 0. The molecule has 10 heavy (non-hydrogen) atoms. The largest absolute Gasteiger partial charge is 0.353 e. The van der Waals surface area contributed by atoms with Crippen molar-refractivity contribution < 1.29 is 4.79 Å². The molecule has 0 aromatic heterocycles. The highest BCUT2D eigenvalue weighted by molar-refractivity contribution is 5.73. The molecule has 0 radical (unpaired) electrons. The van der Waals surface area contributed by atoms with E-state index in [2.05, 4.69) is 11.4 Å². The third kappa shape index (κ3) is 2.05. The maximum atomic E-state index is 10.4. The molecule has 0 heterocycles. The number of allylic oxidation sites excluding steroid dienone is 3. The van der Waals surface area contributed by atoms with Crippen molar-refractivity contribution in [3.05, 3.63) is 23.8 Å². The SMILES string of the molecule is CC(=O)NCC1=CC=CC1. The van der Waals surface area contributed by atoms with Gasteiger partial charge in [0.05, 0.1) is 0 Å². The van der Waals surface area contributed by atoms with Crippen LogP contribution in [0.5, 0.6) is 0 Å². The molecular weight excluding hydrogens is 126 g/mol. The van der Waals surface area contributed by atoms with Crippen molar-refractivity contribution in [2.24, 2.45) is 0 Å². The van der Waals surface area contributed by atoms with Crippen LogP contribution in [0.25, 0.3) is 0 Å². The van der Waals surface area contributed by atoms with Crippen molar-refractivity contribution in [2.45, 2.75) is 13.3 Å². The van der Waals surface area contributed by atoms with Gasteiger partial charge < -0.3 is 5.32 Å². The van der Waals surface area contributed by atoms with E-state index in [1.807, 2.05) is 12.2 Å². The molecule has 0 fully saturated rings. The first kappa shape index (κ1) is 7.06. The molecular formula is C8H11NO. The zero-order chi connectivity index (χ0) is 7.40. The summed E-state index contributed by atoms with van der Waals surface area (Å²) < 4.78 is 0. The Morgan fingerprint density at radius 2 is 2.60 bits per heavy atom. The Bertz CT molecular complexity index is 191. The number of hydrogen-bond acceptors (Lipinski definition) is 1. The summed E-state index contributed by atoms with van der Waals surface area (Å²) in [6.07, 6.45) is 7.12. The Balaban J connectivity index is 2.21. The highest BCUT2D eigenvalue weighted by Crippen LogP contribution is 2.07. The van der Waals surface area contributed by atoms with Gasteiger partial charge >= 0.3 is 0 Å². The normalized spacial score (nSPS) is 15.1. The van der Waals surface area contributed by atoms with Gasteiger partial charge in [0.2, 0.25) is 5.91 Å². The molecule has 1 rings (SSSR count). The van der Waals surface area contributed by atoms with Crippen LogP contribution in [0.3, 0.4) is 0 Å². The highest BCUT2D eigenvalue weighted by atomic mass is 16.1. The Morgan fingerprint density at radius 1 is 1.80 bits per heavy atom. The Hall–Kier alpha value is -1.05. The second-order valence-corrected chi connectivity index (χ2v) is 2.37. The monoisotopic (exact) mass is 137 g/mol. The predicted octanol–water partition coefficient (Wildman–Crippen LogP) is 1.01. The summed E-state index contributed by atoms with van der Waals surface area (Å²) in [4.78, 5) is 10.4. The second kappa shape index (κ2) is 3.20. The first-order valence-electron chi connectivity index (χ1n) is 3.38. The molecule has 0 spiro atoms. The molecule has 0 aliphatic heterocycles. The molecule has 0 aromatic carbocycles. The number of carbonyl (C=O) groups excluding carboxylic acids is 1. The van der Waals surface area contributed by atoms with E-state index >= 15 is 0 Å². The lowest BCUT2D eigenvalue weighted by Gasteiger charge is -2.00. The lowest BCUT2D eigenvalue weighted by atomic mass is 10.2. The Kier molecular flexibility index (Phi) is 2.26. The number of nitrogens with one attached hydrogen (secondary N) is 1. The molecule has 54 valence electrons. The highest BCUT2D eigenvalue weighted by Gasteiger charge is 1.98. The maximum Gasteiger partial charge on any atom is 0.217 e. The lowest BCUT2D eigenvalue weighted by Crippen LogP contribution is -2.21. The third-order valence-electron chi connectivity index (χ3n) is 1.41. The molecule has 0 saturated heterocycles. The number of hydrogen-bond donors (Lipinski definition) is 1. The predicted molar refractivity (Wildman–Crippen MR) is 40.5 cm³/mol. The van der Waals surface area contributed by atoms with E-state index in [-0.39, 0.29) is 5.91 Å². The second-order valence-electron chi connectivity index (χ2n) is 2.37. The van der Waals surface area contributed by atoms with Crippen LogP contribution in [0.1, 0.15) is 13.3 Å². The summed E-state index contributed by atoms with van der Waals surface area (Å²) in [6, 6.07) is 0. The topological polar surface area (TPSA) is 29.1 Å². The molecule has 1 N–H and O–H groups in total. The van der Waals surface area contributed by atoms with E-state index in [0.29, 0.717) is 6.54 Å². The van der Waals surface area contributed by atoms with Gasteiger partial charge in [-0.1, -0.05) is 18.2 Å². The molecule has 0 unspecified atom stereocenters. The van der Waals surface area contributed by atoms with Crippen molar-refractivity contribution in [3.8, 4) is 0 Å². The van der Waals surface area contributed by atoms with Gasteiger partial charge in [-0.25, -0.2) is 0 Å². The molecule has 2 heteroatoms. The van der Waals surface area contributed by atoms with Crippen molar-refractivity contribution in [2.75, 3.05) is 6.54 Å². The third-order valence-corrected chi connectivity index (χ3v) is 1.41. The van der Waals surface area contributed by atoms with Crippen LogP contribution in [0, 0.1) is 0 Å². The molecule has 0 bridgehead atoms.